The van der Waals surface area contributed by atoms with Gasteiger partial charge in [0.1, 0.15) is 0 Å². The van der Waals surface area contributed by atoms with E-state index in [2.05, 4.69) is 37.6 Å². The summed E-state index contributed by atoms with van der Waals surface area (Å²) in [6.45, 7) is 12.0. The van der Waals surface area contributed by atoms with E-state index in [1.165, 1.54) is 0 Å². The molecule has 3 nitrogen and oxygen atoms in total. The highest BCUT2D eigenvalue weighted by molar-refractivity contribution is 5.41. The van der Waals surface area contributed by atoms with E-state index in [1.54, 1.807) is 0 Å². The van der Waals surface area contributed by atoms with Crippen molar-refractivity contribution in [1.29, 1.82) is 0 Å². The maximum Gasteiger partial charge on any atom is 0.0772 e. The topological polar surface area (TPSA) is 42.2 Å². The van der Waals surface area contributed by atoms with E-state index in [4.69, 9.17) is 5.73 Å². The lowest BCUT2D eigenvalue weighted by atomic mass is 10.1. The molecule has 17 heavy (non-hydrogen) atoms. The molecule has 0 fully saturated rings. The van der Waals surface area contributed by atoms with Crippen molar-refractivity contribution in [3.8, 4) is 0 Å². The maximum absolute atomic E-state index is 5.94. The summed E-state index contributed by atoms with van der Waals surface area (Å²) in [7, 11) is 0. The fourth-order valence-corrected chi connectivity index (χ4v) is 2.03. The summed E-state index contributed by atoms with van der Waals surface area (Å²) in [5.41, 5.74) is 7.73. The van der Waals surface area contributed by atoms with Crippen LogP contribution in [0.25, 0.3) is 0 Å². The predicted molar refractivity (Wildman–Crippen MR) is 73.6 cm³/mol. The number of rotatable bonds is 6. The van der Waals surface area contributed by atoms with Gasteiger partial charge < -0.3 is 5.73 Å². The van der Waals surface area contributed by atoms with E-state index < -0.39 is 0 Å². The van der Waals surface area contributed by atoms with Crippen LogP contribution in [0.4, 0.5) is 5.69 Å². The number of hydrogen-bond acceptors (Lipinski definition) is 3. The lowest BCUT2D eigenvalue weighted by Crippen LogP contribution is -2.31. The molecule has 1 aromatic rings. The third-order valence-corrected chi connectivity index (χ3v) is 2.55. The zero-order valence-corrected chi connectivity index (χ0v) is 11.5. The highest BCUT2D eigenvalue weighted by Gasteiger charge is 2.12. The summed E-state index contributed by atoms with van der Waals surface area (Å²) in [6.07, 6.45) is 1.81. The van der Waals surface area contributed by atoms with E-state index in [0.29, 0.717) is 11.8 Å². The minimum Gasteiger partial charge on any atom is -0.397 e. The molecule has 0 amide bonds. The highest BCUT2D eigenvalue weighted by Crippen LogP contribution is 2.13. The van der Waals surface area contributed by atoms with Gasteiger partial charge in [0.05, 0.1) is 11.4 Å². The zero-order chi connectivity index (χ0) is 12.8. The van der Waals surface area contributed by atoms with E-state index in [1.807, 2.05) is 18.3 Å². The Morgan fingerprint density at radius 1 is 1.18 bits per heavy atom. The summed E-state index contributed by atoms with van der Waals surface area (Å²) in [5.74, 6) is 1.33. The molecule has 0 saturated heterocycles. The fourth-order valence-electron chi connectivity index (χ4n) is 2.03. The van der Waals surface area contributed by atoms with Crippen LogP contribution in [0, 0.1) is 11.8 Å². The van der Waals surface area contributed by atoms with Crippen molar-refractivity contribution < 1.29 is 0 Å². The largest absolute Gasteiger partial charge is 0.397 e. The number of nitrogens with zero attached hydrogens (tertiary/aromatic N) is 2. The molecule has 1 heterocycles. The van der Waals surface area contributed by atoms with Crippen molar-refractivity contribution >= 4 is 5.69 Å². The third-order valence-electron chi connectivity index (χ3n) is 2.55. The SMILES string of the molecule is CC(C)CN(Cc1ncccc1N)CC(C)C. The summed E-state index contributed by atoms with van der Waals surface area (Å²) in [5, 5.41) is 0. The van der Waals surface area contributed by atoms with Gasteiger partial charge in [-0.15, -0.1) is 0 Å². The van der Waals surface area contributed by atoms with Crippen LogP contribution in [0.15, 0.2) is 18.3 Å². The first kappa shape index (κ1) is 14.0. The van der Waals surface area contributed by atoms with Gasteiger partial charge >= 0.3 is 0 Å². The van der Waals surface area contributed by atoms with Crippen LogP contribution < -0.4 is 5.73 Å². The quantitative estimate of drug-likeness (QED) is 0.824. The van der Waals surface area contributed by atoms with Crippen molar-refractivity contribution in [2.75, 3.05) is 18.8 Å². The molecule has 1 aromatic heterocycles. The van der Waals surface area contributed by atoms with Crippen LogP contribution in [-0.2, 0) is 6.54 Å². The molecule has 0 aliphatic heterocycles. The fraction of sp³-hybridized carbons (Fsp3) is 0.643. The highest BCUT2D eigenvalue weighted by atomic mass is 15.1. The molecule has 0 aromatic carbocycles. The van der Waals surface area contributed by atoms with Gasteiger partial charge in [0.15, 0.2) is 0 Å². The summed E-state index contributed by atoms with van der Waals surface area (Å²) >= 11 is 0. The molecular formula is C14H25N3. The molecule has 0 atom stereocenters. The number of pyridine rings is 1. The second kappa shape index (κ2) is 6.60. The van der Waals surface area contributed by atoms with Crippen molar-refractivity contribution in [2.45, 2.75) is 34.2 Å². The molecule has 0 unspecified atom stereocenters. The average molecular weight is 235 g/mol. The van der Waals surface area contributed by atoms with Crippen LogP contribution in [0.1, 0.15) is 33.4 Å². The standard InChI is InChI=1S/C14H25N3/c1-11(2)8-17(9-12(3)4)10-14-13(15)6-5-7-16-14/h5-7,11-12H,8-10,15H2,1-4H3. The van der Waals surface area contributed by atoms with Crippen LogP contribution in [0.2, 0.25) is 0 Å². The van der Waals surface area contributed by atoms with Gasteiger partial charge in [-0.05, 0) is 24.0 Å². The van der Waals surface area contributed by atoms with Crippen LogP contribution >= 0.6 is 0 Å². The summed E-state index contributed by atoms with van der Waals surface area (Å²) in [4.78, 5) is 6.80. The van der Waals surface area contributed by atoms with Gasteiger partial charge in [0.25, 0.3) is 0 Å². The molecule has 2 N–H and O–H groups in total. The van der Waals surface area contributed by atoms with Crippen LogP contribution in [0.3, 0.4) is 0 Å². The number of anilines is 1. The lowest BCUT2D eigenvalue weighted by molar-refractivity contribution is 0.209. The first-order chi connectivity index (χ1) is 7.99. The van der Waals surface area contributed by atoms with Crippen molar-refractivity contribution in [1.82, 2.24) is 9.88 Å². The lowest BCUT2D eigenvalue weighted by Gasteiger charge is -2.26. The second-order valence-electron chi connectivity index (χ2n) is 5.52. The van der Waals surface area contributed by atoms with E-state index in [9.17, 15) is 0 Å². The molecule has 1 rings (SSSR count). The molecule has 3 heteroatoms. The van der Waals surface area contributed by atoms with Crippen molar-refractivity contribution in [3.05, 3.63) is 24.0 Å². The Balaban J connectivity index is 2.68. The van der Waals surface area contributed by atoms with Gasteiger partial charge in [0, 0.05) is 25.8 Å². The maximum atomic E-state index is 5.94. The molecular weight excluding hydrogens is 210 g/mol. The molecule has 0 spiro atoms. The Morgan fingerprint density at radius 2 is 1.76 bits per heavy atom. The van der Waals surface area contributed by atoms with E-state index in [-0.39, 0.29) is 0 Å². The van der Waals surface area contributed by atoms with Gasteiger partial charge in [0.2, 0.25) is 0 Å². The number of nitrogens with two attached hydrogens (primary N) is 1. The second-order valence-corrected chi connectivity index (χ2v) is 5.52. The molecule has 0 aliphatic rings. The summed E-state index contributed by atoms with van der Waals surface area (Å²) in [6, 6.07) is 3.80. The first-order valence-electron chi connectivity index (χ1n) is 6.40. The van der Waals surface area contributed by atoms with Crippen LogP contribution in [0.5, 0.6) is 0 Å². The molecule has 0 aliphatic carbocycles. The Hall–Kier alpha value is -1.09. The number of aromatic nitrogens is 1. The Labute approximate surface area is 105 Å². The number of hydrogen-bond donors (Lipinski definition) is 1. The van der Waals surface area contributed by atoms with Crippen LogP contribution in [-0.4, -0.2) is 23.0 Å². The summed E-state index contributed by atoms with van der Waals surface area (Å²) < 4.78 is 0. The molecule has 0 bridgehead atoms. The molecule has 0 saturated carbocycles. The minimum absolute atomic E-state index is 0.665. The predicted octanol–water partition coefficient (Wildman–Crippen LogP) is 2.78. The molecule has 0 radical (unpaired) electrons. The van der Waals surface area contributed by atoms with Gasteiger partial charge in [-0.3, -0.25) is 9.88 Å². The zero-order valence-electron chi connectivity index (χ0n) is 11.5. The first-order valence-corrected chi connectivity index (χ1v) is 6.40. The van der Waals surface area contributed by atoms with Gasteiger partial charge in [-0.25, -0.2) is 0 Å². The Kier molecular flexibility index (Phi) is 5.42. The Bertz CT molecular complexity index is 324. The van der Waals surface area contributed by atoms with Gasteiger partial charge in [-0.2, -0.15) is 0 Å². The number of nitrogen functional groups attached to an aromatic ring is 1. The van der Waals surface area contributed by atoms with E-state index in [0.717, 1.165) is 31.0 Å². The van der Waals surface area contributed by atoms with E-state index >= 15 is 0 Å². The minimum atomic E-state index is 0.665. The smallest absolute Gasteiger partial charge is 0.0772 e. The average Bonchev–Trinajstić information content (AvgIpc) is 2.19. The van der Waals surface area contributed by atoms with Crippen molar-refractivity contribution in [2.24, 2.45) is 11.8 Å². The molecule has 96 valence electrons. The normalized spacial score (nSPS) is 11.7. The van der Waals surface area contributed by atoms with Gasteiger partial charge in [-0.1, -0.05) is 27.7 Å². The van der Waals surface area contributed by atoms with Crippen molar-refractivity contribution in [3.63, 3.8) is 0 Å². The third kappa shape index (κ3) is 5.18. The Morgan fingerprint density at radius 3 is 2.24 bits per heavy atom. The monoisotopic (exact) mass is 235 g/mol.